The maximum atomic E-state index is 5.45. The lowest BCUT2D eigenvalue weighted by Crippen LogP contribution is -2.10. The predicted molar refractivity (Wildman–Crippen MR) is 98.8 cm³/mol. The average Bonchev–Trinajstić information content (AvgIpc) is 3.23. The first kappa shape index (κ1) is 17.3. The third kappa shape index (κ3) is 3.19. The topological polar surface area (TPSA) is 92.2 Å². The van der Waals surface area contributed by atoms with E-state index in [0.717, 1.165) is 32.8 Å². The van der Waals surface area contributed by atoms with Gasteiger partial charge in [0.15, 0.2) is 0 Å². The van der Waals surface area contributed by atoms with Crippen LogP contribution in [-0.4, -0.2) is 48.8 Å². The van der Waals surface area contributed by atoms with Crippen LogP contribution in [0.15, 0.2) is 40.4 Å². The van der Waals surface area contributed by atoms with Crippen molar-refractivity contribution < 1.29 is 9.47 Å². The molecule has 0 fully saturated rings. The number of nitrogens with zero attached hydrogens (tertiary/aromatic N) is 7. The lowest BCUT2D eigenvalue weighted by Gasteiger charge is -2.09. The first-order valence-electron chi connectivity index (χ1n) is 8.11. The highest BCUT2D eigenvalue weighted by molar-refractivity contribution is 7.99. The second kappa shape index (κ2) is 6.88. The second-order valence-electron chi connectivity index (χ2n) is 5.77. The number of methoxy groups -OCH3 is 2. The molecule has 4 aromatic rings. The Morgan fingerprint density at radius 2 is 1.85 bits per heavy atom. The van der Waals surface area contributed by atoms with Crippen LogP contribution in [0.1, 0.15) is 11.4 Å². The lowest BCUT2D eigenvalue weighted by molar-refractivity contribution is 0.394. The monoisotopic (exact) mass is 383 g/mol. The summed E-state index contributed by atoms with van der Waals surface area (Å²) < 4.78 is 14.1. The number of rotatable bonds is 5. The highest BCUT2D eigenvalue weighted by Crippen LogP contribution is 2.37. The molecule has 0 aliphatic carbocycles. The maximum absolute atomic E-state index is 5.45. The third-order valence-corrected chi connectivity index (χ3v) is 4.92. The molecular formula is C17H17N7O2S. The zero-order valence-electron chi connectivity index (χ0n) is 15.2. The Hall–Kier alpha value is -3.14. The standard InChI is InChI=1S/C17H17N7O2S/c1-10-7-11(2)23(21-10)17-20-19-16-18-9-15(24(16)22-17)27-14-8-12(25-3)5-6-13(14)26-4/h5-9H,1-4H3. The molecule has 0 aliphatic rings. The largest absolute Gasteiger partial charge is 0.497 e. The van der Waals surface area contributed by atoms with E-state index in [0.29, 0.717) is 11.7 Å². The molecule has 10 heteroatoms. The van der Waals surface area contributed by atoms with E-state index in [2.05, 4.69) is 25.4 Å². The summed E-state index contributed by atoms with van der Waals surface area (Å²) in [5.74, 6) is 2.26. The average molecular weight is 383 g/mol. The van der Waals surface area contributed by atoms with Crippen LogP contribution in [-0.2, 0) is 0 Å². The minimum Gasteiger partial charge on any atom is -0.497 e. The van der Waals surface area contributed by atoms with Crippen LogP contribution in [0.2, 0.25) is 0 Å². The molecule has 0 unspecified atom stereocenters. The normalized spacial score (nSPS) is 11.1. The number of aromatic nitrogens is 7. The summed E-state index contributed by atoms with van der Waals surface area (Å²) in [5, 5.41) is 18.0. The van der Waals surface area contributed by atoms with Crippen molar-refractivity contribution in [3.8, 4) is 17.4 Å². The van der Waals surface area contributed by atoms with Gasteiger partial charge < -0.3 is 9.47 Å². The molecular weight excluding hydrogens is 366 g/mol. The molecule has 0 atom stereocenters. The Kier molecular flexibility index (Phi) is 4.40. The summed E-state index contributed by atoms with van der Waals surface area (Å²) in [6.07, 6.45) is 1.70. The van der Waals surface area contributed by atoms with Gasteiger partial charge in [-0.2, -0.15) is 9.61 Å². The number of hydrogen-bond donors (Lipinski definition) is 0. The molecule has 138 valence electrons. The molecule has 0 bridgehead atoms. The molecule has 0 saturated heterocycles. The highest BCUT2D eigenvalue weighted by atomic mass is 32.2. The first-order chi connectivity index (χ1) is 13.1. The van der Waals surface area contributed by atoms with E-state index in [-0.39, 0.29) is 0 Å². The quantitative estimate of drug-likeness (QED) is 0.519. The number of ether oxygens (including phenoxy) is 2. The number of benzene rings is 1. The molecule has 0 spiro atoms. The van der Waals surface area contributed by atoms with Gasteiger partial charge in [-0.1, -0.05) is 11.8 Å². The Morgan fingerprint density at radius 3 is 2.56 bits per heavy atom. The number of imidazole rings is 1. The molecule has 3 heterocycles. The summed E-state index contributed by atoms with van der Waals surface area (Å²) in [7, 11) is 3.26. The van der Waals surface area contributed by atoms with Crippen molar-refractivity contribution >= 4 is 17.5 Å². The van der Waals surface area contributed by atoms with Crippen LogP contribution in [0, 0.1) is 13.8 Å². The van der Waals surface area contributed by atoms with E-state index >= 15 is 0 Å². The van der Waals surface area contributed by atoms with Gasteiger partial charge >= 0.3 is 0 Å². The summed E-state index contributed by atoms with van der Waals surface area (Å²) in [5.41, 5.74) is 1.81. The van der Waals surface area contributed by atoms with Crippen molar-refractivity contribution in [2.75, 3.05) is 14.2 Å². The Bertz CT molecular complexity index is 1120. The van der Waals surface area contributed by atoms with E-state index in [1.165, 1.54) is 11.8 Å². The lowest BCUT2D eigenvalue weighted by atomic mass is 10.3. The molecule has 0 radical (unpaired) electrons. The Balaban J connectivity index is 1.77. The number of hydrogen-bond acceptors (Lipinski definition) is 8. The summed E-state index contributed by atoms with van der Waals surface area (Å²) in [4.78, 5) is 5.16. The molecule has 9 nitrogen and oxygen atoms in total. The molecule has 0 aliphatic heterocycles. The summed E-state index contributed by atoms with van der Waals surface area (Å²) in [6.45, 7) is 3.86. The van der Waals surface area contributed by atoms with E-state index in [9.17, 15) is 0 Å². The van der Waals surface area contributed by atoms with Crippen molar-refractivity contribution in [3.05, 3.63) is 41.9 Å². The van der Waals surface area contributed by atoms with Gasteiger partial charge in [0.25, 0.3) is 11.7 Å². The van der Waals surface area contributed by atoms with E-state index in [1.807, 2.05) is 38.1 Å². The molecule has 0 amide bonds. The van der Waals surface area contributed by atoms with Crippen LogP contribution in [0.4, 0.5) is 0 Å². The zero-order chi connectivity index (χ0) is 19.0. The van der Waals surface area contributed by atoms with Crippen molar-refractivity contribution in [3.63, 3.8) is 0 Å². The van der Waals surface area contributed by atoms with Gasteiger partial charge in [0, 0.05) is 5.69 Å². The van der Waals surface area contributed by atoms with Crippen LogP contribution in [0.5, 0.6) is 11.5 Å². The van der Waals surface area contributed by atoms with E-state index < -0.39 is 0 Å². The van der Waals surface area contributed by atoms with Gasteiger partial charge in [0.2, 0.25) is 0 Å². The first-order valence-corrected chi connectivity index (χ1v) is 8.92. The fraction of sp³-hybridized carbons (Fsp3) is 0.235. The van der Waals surface area contributed by atoms with Crippen LogP contribution in [0.25, 0.3) is 11.7 Å². The van der Waals surface area contributed by atoms with Gasteiger partial charge in [-0.05, 0) is 38.1 Å². The number of fused-ring (bicyclic) bond motifs is 1. The minimum absolute atomic E-state index is 0.380. The van der Waals surface area contributed by atoms with E-state index in [4.69, 9.17) is 9.47 Å². The Labute approximate surface area is 159 Å². The number of aryl methyl sites for hydroxylation is 2. The molecule has 4 rings (SSSR count). The van der Waals surface area contributed by atoms with Gasteiger partial charge in [-0.3, -0.25) is 0 Å². The SMILES string of the molecule is COc1ccc(OC)c(Sc2cnc3nnc(-n4nc(C)cc4C)nn23)c1. The second-order valence-corrected chi connectivity index (χ2v) is 6.83. The van der Waals surface area contributed by atoms with E-state index in [1.54, 1.807) is 29.6 Å². The Morgan fingerprint density at radius 1 is 1.00 bits per heavy atom. The fourth-order valence-electron chi connectivity index (χ4n) is 2.64. The molecule has 3 aromatic heterocycles. The fourth-order valence-corrected chi connectivity index (χ4v) is 3.61. The smallest absolute Gasteiger partial charge is 0.287 e. The molecule has 27 heavy (non-hydrogen) atoms. The highest BCUT2D eigenvalue weighted by Gasteiger charge is 2.15. The van der Waals surface area contributed by atoms with Gasteiger partial charge in [-0.15, -0.1) is 15.3 Å². The maximum Gasteiger partial charge on any atom is 0.287 e. The summed E-state index contributed by atoms with van der Waals surface area (Å²) >= 11 is 1.45. The van der Waals surface area contributed by atoms with Gasteiger partial charge in [0.1, 0.15) is 16.5 Å². The minimum atomic E-state index is 0.380. The molecule has 1 aromatic carbocycles. The summed E-state index contributed by atoms with van der Waals surface area (Å²) in [6, 6.07) is 7.57. The van der Waals surface area contributed by atoms with Crippen molar-refractivity contribution in [2.24, 2.45) is 0 Å². The van der Waals surface area contributed by atoms with Crippen molar-refractivity contribution in [2.45, 2.75) is 23.8 Å². The van der Waals surface area contributed by atoms with Crippen LogP contribution in [0.3, 0.4) is 0 Å². The zero-order valence-corrected chi connectivity index (χ0v) is 16.1. The van der Waals surface area contributed by atoms with Crippen LogP contribution < -0.4 is 9.47 Å². The van der Waals surface area contributed by atoms with Crippen LogP contribution >= 0.6 is 11.8 Å². The molecule has 0 saturated carbocycles. The van der Waals surface area contributed by atoms with Crippen molar-refractivity contribution in [1.29, 1.82) is 0 Å². The van der Waals surface area contributed by atoms with Crippen molar-refractivity contribution in [1.82, 2.24) is 34.6 Å². The predicted octanol–water partition coefficient (Wildman–Crippen LogP) is 2.49. The third-order valence-electron chi connectivity index (χ3n) is 3.89. The molecule has 0 N–H and O–H groups in total. The van der Waals surface area contributed by atoms with Gasteiger partial charge in [0.05, 0.1) is 31.0 Å². The van der Waals surface area contributed by atoms with Gasteiger partial charge in [-0.25, -0.2) is 9.67 Å².